The molecule has 2 heterocycles. The van der Waals surface area contributed by atoms with Crippen molar-refractivity contribution in [2.45, 2.75) is 39.0 Å². The van der Waals surface area contributed by atoms with Crippen LogP contribution in [0.25, 0.3) is 45.0 Å². The maximum atomic E-state index is 5.11. The van der Waals surface area contributed by atoms with Gasteiger partial charge in [0, 0.05) is 50.4 Å². The van der Waals surface area contributed by atoms with Gasteiger partial charge in [-0.25, -0.2) is 9.97 Å². The molecule has 224 valence electrons. The Hall–Kier alpha value is -5.48. The molecule has 0 unspecified atom stereocenters. The van der Waals surface area contributed by atoms with E-state index in [9.17, 15) is 0 Å². The molecule has 8 rings (SSSR count). The Balaban J connectivity index is 1.20. The van der Waals surface area contributed by atoms with Gasteiger partial charge >= 0.3 is 0 Å². The van der Waals surface area contributed by atoms with Gasteiger partial charge in [-0.15, -0.1) is 0 Å². The van der Waals surface area contributed by atoms with E-state index < -0.39 is 0 Å². The number of hydrogen-bond acceptors (Lipinski definition) is 3. The van der Waals surface area contributed by atoms with Crippen LogP contribution in [0.4, 0.5) is 17.1 Å². The molecule has 0 saturated carbocycles. The molecule has 5 aromatic carbocycles. The van der Waals surface area contributed by atoms with Gasteiger partial charge in [-0.1, -0.05) is 93.6 Å². The highest BCUT2D eigenvalue weighted by molar-refractivity contribution is 5.93. The van der Waals surface area contributed by atoms with Crippen LogP contribution in [0.5, 0.6) is 0 Å². The first-order chi connectivity index (χ1) is 22.5. The summed E-state index contributed by atoms with van der Waals surface area (Å²) in [6.07, 6.45) is 6.70. The number of nitrogens with zero attached hydrogens (tertiary/aromatic N) is 4. The fourth-order valence-corrected chi connectivity index (χ4v) is 6.73. The SMILES string of the molecule is CC(C)(C)c1nc2ccccc2nc1-c1ccc(N(c2ccccc2)c2ccc(-n3c4c(c5ccccc53)C=CCC4)cc2)cc1. The summed E-state index contributed by atoms with van der Waals surface area (Å²) in [6, 6.07) is 45.2. The first kappa shape index (κ1) is 28.0. The molecule has 0 radical (unpaired) electrons. The Morgan fingerprint density at radius 2 is 1.24 bits per heavy atom. The van der Waals surface area contributed by atoms with Crippen LogP contribution in [0.2, 0.25) is 0 Å². The average molecular weight is 597 g/mol. The number of hydrogen-bond donors (Lipinski definition) is 0. The molecule has 0 atom stereocenters. The minimum absolute atomic E-state index is 0.149. The minimum atomic E-state index is -0.149. The lowest BCUT2D eigenvalue weighted by Gasteiger charge is -2.26. The van der Waals surface area contributed by atoms with Crippen LogP contribution >= 0.6 is 0 Å². The summed E-state index contributed by atoms with van der Waals surface area (Å²) >= 11 is 0. The second kappa shape index (κ2) is 11.1. The van der Waals surface area contributed by atoms with E-state index in [0.717, 1.165) is 57.9 Å². The van der Waals surface area contributed by atoms with Gasteiger partial charge < -0.3 is 9.47 Å². The van der Waals surface area contributed by atoms with Crippen LogP contribution in [-0.4, -0.2) is 14.5 Å². The van der Waals surface area contributed by atoms with Gasteiger partial charge in [0.05, 0.1) is 27.9 Å². The summed E-state index contributed by atoms with van der Waals surface area (Å²) in [5.74, 6) is 0. The van der Waals surface area contributed by atoms with Crippen molar-refractivity contribution < 1.29 is 0 Å². The predicted molar refractivity (Wildman–Crippen MR) is 193 cm³/mol. The molecule has 4 heteroatoms. The van der Waals surface area contributed by atoms with Gasteiger partial charge in [-0.05, 0) is 79.6 Å². The van der Waals surface area contributed by atoms with Crippen LogP contribution in [0.1, 0.15) is 44.1 Å². The molecular formula is C42H36N4. The summed E-state index contributed by atoms with van der Waals surface area (Å²) in [4.78, 5) is 12.5. The van der Waals surface area contributed by atoms with E-state index >= 15 is 0 Å². The van der Waals surface area contributed by atoms with Gasteiger partial charge in [0.1, 0.15) is 0 Å². The molecule has 0 aliphatic heterocycles. The van der Waals surface area contributed by atoms with Crippen LogP contribution in [-0.2, 0) is 11.8 Å². The van der Waals surface area contributed by atoms with Gasteiger partial charge in [-0.3, -0.25) is 0 Å². The summed E-state index contributed by atoms with van der Waals surface area (Å²) in [5.41, 5.74) is 13.2. The molecule has 0 spiro atoms. The van der Waals surface area contributed by atoms with Gasteiger partial charge in [-0.2, -0.15) is 0 Å². The van der Waals surface area contributed by atoms with Crippen molar-refractivity contribution in [3.8, 4) is 16.9 Å². The lowest BCUT2D eigenvalue weighted by Crippen LogP contribution is -2.16. The van der Waals surface area contributed by atoms with Crippen molar-refractivity contribution in [2.24, 2.45) is 0 Å². The zero-order chi connectivity index (χ0) is 31.3. The van der Waals surface area contributed by atoms with Crippen molar-refractivity contribution in [3.63, 3.8) is 0 Å². The largest absolute Gasteiger partial charge is 0.313 e. The van der Waals surface area contributed by atoms with Crippen molar-refractivity contribution in [1.29, 1.82) is 0 Å². The smallest absolute Gasteiger partial charge is 0.0930 e. The molecule has 0 N–H and O–H groups in total. The molecule has 0 amide bonds. The van der Waals surface area contributed by atoms with Crippen LogP contribution in [0, 0.1) is 0 Å². The van der Waals surface area contributed by atoms with E-state index in [0.29, 0.717) is 0 Å². The molecular weight excluding hydrogens is 560 g/mol. The molecule has 7 aromatic rings. The molecule has 46 heavy (non-hydrogen) atoms. The number of aromatic nitrogens is 3. The number of benzene rings is 5. The topological polar surface area (TPSA) is 34.0 Å². The van der Waals surface area contributed by atoms with E-state index in [1.165, 1.54) is 27.8 Å². The highest BCUT2D eigenvalue weighted by Crippen LogP contribution is 2.39. The first-order valence-electron chi connectivity index (χ1n) is 16.1. The molecule has 4 nitrogen and oxygen atoms in total. The number of para-hydroxylation sites is 4. The fraction of sp³-hybridized carbons (Fsp3) is 0.143. The molecule has 2 aromatic heterocycles. The summed E-state index contributed by atoms with van der Waals surface area (Å²) in [6.45, 7) is 6.61. The van der Waals surface area contributed by atoms with Crippen LogP contribution in [0.15, 0.2) is 133 Å². The van der Waals surface area contributed by atoms with Crippen molar-refractivity contribution >= 4 is 45.1 Å². The highest BCUT2D eigenvalue weighted by Gasteiger charge is 2.24. The minimum Gasteiger partial charge on any atom is -0.313 e. The van der Waals surface area contributed by atoms with Crippen molar-refractivity contribution in [3.05, 3.63) is 150 Å². The Bertz CT molecular complexity index is 2220. The summed E-state index contributed by atoms with van der Waals surface area (Å²) < 4.78 is 2.44. The lowest BCUT2D eigenvalue weighted by atomic mass is 9.88. The number of allylic oxidation sites excluding steroid dienone is 1. The van der Waals surface area contributed by atoms with E-state index in [2.05, 4.69) is 146 Å². The Kier molecular flexibility index (Phi) is 6.79. The zero-order valence-corrected chi connectivity index (χ0v) is 26.5. The Morgan fingerprint density at radius 1 is 0.630 bits per heavy atom. The zero-order valence-electron chi connectivity index (χ0n) is 26.5. The number of anilines is 3. The highest BCUT2D eigenvalue weighted by atomic mass is 15.1. The second-order valence-corrected chi connectivity index (χ2v) is 13.0. The molecule has 0 saturated heterocycles. The predicted octanol–water partition coefficient (Wildman–Crippen LogP) is 11.0. The van der Waals surface area contributed by atoms with Crippen LogP contribution in [0.3, 0.4) is 0 Å². The maximum Gasteiger partial charge on any atom is 0.0930 e. The third-order valence-corrected chi connectivity index (χ3v) is 8.91. The molecule has 0 fully saturated rings. The lowest BCUT2D eigenvalue weighted by molar-refractivity contribution is 0.571. The average Bonchev–Trinajstić information content (AvgIpc) is 3.43. The summed E-state index contributed by atoms with van der Waals surface area (Å²) in [7, 11) is 0. The standard InChI is InChI=1S/C42H36N4/c1-42(2,3)41-40(43-36-17-9-10-18-37(36)44-41)29-21-23-31(24-22-29)45(30-13-5-4-6-14-30)32-25-27-33(28-26-32)46-38-19-11-7-15-34(38)35-16-8-12-20-39(35)46/h4-11,13-19,21-28H,12,20H2,1-3H3. The third kappa shape index (κ3) is 4.87. The van der Waals surface area contributed by atoms with Crippen molar-refractivity contribution in [2.75, 3.05) is 4.90 Å². The normalized spacial score (nSPS) is 12.8. The number of rotatable bonds is 5. The van der Waals surface area contributed by atoms with E-state index in [-0.39, 0.29) is 5.41 Å². The Labute approximate surface area is 270 Å². The van der Waals surface area contributed by atoms with Gasteiger partial charge in [0.25, 0.3) is 0 Å². The van der Waals surface area contributed by atoms with Crippen LogP contribution < -0.4 is 4.90 Å². The number of fused-ring (bicyclic) bond motifs is 4. The molecule has 1 aliphatic carbocycles. The maximum absolute atomic E-state index is 5.11. The van der Waals surface area contributed by atoms with Gasteiger partial charge in [0.2, 0.25) is 0 Å². The summed E-state index contributed by atoms with van der Waals surface area (Å²) in [5, 5.41) is 1.31. The van der Waals surface area contributed by atoms with Gasteiger partial charge in [0.15, 0.2) is 0 Å². The van der Waals surface area contributed by atoms with E-state index in [1.807, 2.05) is 24.3 Å². The quantitative estimate of drug-likeness (QED) is 0.198. The monoisotopic (exact) mass is 596 g/mol. The third-order valence-electron chi connectivity index (χ3n) is 8.91. The Morgan fingerprint density at radius 3 is 1.96 bits per heavy atom. The fourth-order valence-electron chi connectivity index (χ4n) is 6.73. The molecule has 1 aliphatic rings. The second-order valence-electron chi connectivity index (χ2n) is 13.0. The van der Waals surface area contributed by atoms with E-state index in [4.69, 9.17) is 9.97 Å². The molecule has 0 bridgehead atoms. The van der Waals surface area contributed by atoms with Crippen molar-refractivity contribution in [1.82, 2.24) is 14.5 Å². The first-order valence-corrected chi connectivity index (χ1v) is 16.1. The van der Waals surface area contributed by atoms with E-state index in [1.54, 1.807) is 0 Å².